The molecule has 1 aliphatic heterocycles. The van der Waals surface area contributed by atoms with Crippen LogP contribution in [0.2, 0.25) is 0 Å². The molecule has 11 nitrogen and oxygen atoms in total. The number of aliphatic hydroxyl groups excluding tert-OH is 1. The molecule has 3 aliphatic rings. The van der Waals surface area contributed by atoms with Crippen molar-refractivity contribution in [3.8, 4) is 23.1 Å². The van der Waals surface area contributed by atoms with Crippen LogP contribution in [0.1, 0.15) is 38.8 Å². The molecule has 4 atom stereocenters. The fourth-order valence-electron chi connectivity index (χ4n) is 5.55. The second kappa shape index (κ2) is 9.55. The number of anilines is 2. The number of methoxy groups -OCH3 is 2. The van der Waals surface area contributed by atoms with Gasteiger partial charge >= 0.3 is 0 Å². The largest absolute Gasteiger partial charge is 0.481 e. The van der Waals surface area contributed by atoms with Gasteiger partial charge in [-0.05, 0) is 52.0 Å². The van der Waals surface area contributed by atoms with Gasteiger partial charge < -0.3 is 39.1 Å². The molecule has 1 saturated heterocycles. The normalized spacial score (nSPS) is 25.9. The lowest BCUT2D eigenvalue weighted by molar-refractivity contribution is -0.158. The Bertz CT molecular complexity index is 1340. The first-order valence-electron chi connectivity index (χ1n) is 13.2. The van der Waals surface area contributed by atoms with E-state index in [1.165, 1.54) is 12.8 Å². The number of ether oxygens (including phenoxy) is 4. The van der Waals surface area contributed by atoms with Gasteiger partial charge in [0.1, 0.15) is 17.7 Å². The van der Waals surface area contributed by atoms with Crippen LogP contribution in [0.3, 0.4) is 0 Å². The van der Waals surface area contributed by atoms with E-state index in [4.69, 9.17) is 33.3 Å². The summed E-state index contributed by atoms with van der Waals surface area (Å²) in [4.78, 5) is 14.0. The van der Waals surface area contributed by atoms with Gasteiger partial charge in [-0.2, -0.15) is 9.97 Å². The van der Waals surface area contributed by atoms with E-state index >= 15 is 0 Å². The van der Waals surface area contributed by atoms with Crippen molar-refractivity contribution in [3.63, 3.8) is 0 Å². The fraction of sp³-hybridized carbons (Fsp3) is 0.593. The van der Waals surface area contributed by atoms with Gasteiger partial charge in [-0.15, -0.1) is 0 Å². The van der Waals surface area contributed by atoms with E-state index in [2.05, 4.69) is 15.6 Å². The fourth-order valence-corrected chi connectivity index (χ4v) is 5.55. The molecule has 0 spiro atoms. The number of fused-ring (bicyclic) bond motifs is 2. The van der Waals surface area contributed by atoms with E-state index < -0.39 is 5.79 Å². The van der Waals surface area contributed by atoms with Gasteiger partial charge in [0.2, 0.25) is 11.8 Å². The van der Waals surface area contributed by atoms with E-state index in [-0.39, 0.29) is 30.8 Å². The Labute approximate surface area is 221 Å². The first-order valence-corrected chi connectivity index (χ1v) is 13.2. The second-order valence-electron chi connectivity index (χ2n) is 10.9. The van der Waals surface area contributed by atoms with Crippen molar-refractivity contribution in [2.45, 2.75) is 64.1 Å². The van der Waals surface area contributed by atoms with Crippen molar-refractivity contribution in [1.82, 2.24) is 15.0 Å². The van der Waals surface area contributed by atoms with Crippen molar-refractivity contribution in [2.24, 2.45) is 11.8 Å². The third kappa shape index (κ3) is 4.63. The van der Waals surface area contributed by atoms with E-state index in [0.717, 1.165) is 23.2 Å². The molecule has 2 aliphatic carbocycles. The molecule has 4 heterocycles. The number of pyridine rings is 1. The Hall–Kier alpha value is -3.15. The van der Waals surface area contributed by atoms with Crippen LogP contribution >= 0.6 is 0 Å². The van der Waals surface area contributed by atoms with Gasteiger partial charge in [0.25, 0.3) is 5.88 Å². The molecule has 3 fully saturated rings. The summed E-state index contributed by atoms with van der Waals surface area (Å²) in [5, 5.41) is 17.9. The topological polar surface area (TPSA) is 133 Å². The highest BCUT2D eigenvalue weighted by Gasteiger charge is 2.54. The van der Waals surface area contributed by atoms with E-state index in [9.17, 15) is 5.11 Å². The summed E-state index contributed by atoms with van der Waals surface area (Å²) in [5.41, 5.74) is 2.01. The molecule has 38 heavy (non-hydrogen) atoms. The van der Waals surface area contributed by atoms with Crippen LogP contribution in [0.5, 0.6) is 11.8 Å². The zero-order valence-electron chi connectivity index (χ0n) is 22.4. The monoisotopic (exact) mass is 525 g/mol. The highest BCUT2D eigenvalue weighted by atomic mass is 16.8. The molecule has 0 unspecified atom stereocenters. The quantitative estimate of drug-likeness (QED) is 0.377. The first kappa shape index (κ1) is 25.1. The Morgan fingerprint density at radius 2 is 1.87 bits per heavy atom. The summed E-state index contributed by atoms with van der Waals surface area (Å²) in [6.45, 7) is 6.63. The Morgan fingerprint density at radius 1 is 1.08 bits per heavy atom. The van der Waals surface area contributed by atoms with Crippen LogP contribution in [-0.4, -0.2) is 71.5 Å². The molecule has 3 aromatic rings. The van der Waals surface area contributed by atoms with Crippen molar-refractivity contribution < 1.29 is 28.5 Å². The van der Waals surface area contributed by atoms with Crippen LogP contribution in [0.15, 0.2) is 16.5 Å². The summed E-state index contributed by atoms with van der Waals surface area (Å²) in [5.74, 6) is 2.47. The number of hydrogen-bond acceptors (Lipinski definition) is 11. The summed E-state index contributed by atoms with van der Waals surface area (Å²) < 4.78 is 29.5. The zero-order chi connectivity index (χ0) is 26.6. The third-order valence-corrected chi connectivity index (χ3v) is 7.57. The van der Waals surface area contributed by atoms with Gasteiger partial charge in [-0.3, -0.25) is 0 Å². The maximum absolute atomic E-state index is 10.0. The van der Waals surface area contributed by atoms with Gasteiger partial charge in [0.05, 0.1) is 37.6 Å². The van der Waals surface area contributed by atoms with Crippen LogP contribution in [-0.2, 0) is 9.47 Å². The van der Waals surface area contributed by atoms with Gasteiger partial charge in [0.15, 0.2) is 11.4 Å². The Morgan fingerprint density at radius 3 is 2.58 bits per heavy atom. The lowest BCUT2D eigenvalue weighted by atomic mass is 10.1. The summed E-state index contributed by atoms with van der Waals surface area (Å²) in [7, 11) is 3.11. The molecule has 204 valence electrons. The summed E-state index contributed by atoms with van der Waals surface area (Å²) in [6.07, 6.45) is 2.73. The maximum atomic E-state index is 10.0. The number of hydrogen-bond donors (Lipinski definition) is 3. The molecule has 6 rings (SSSR count). The molecule has 0 amide bonds. The summed E-state index contributed by atoms with van der Waals surface area (Å²) in [6, 6.07) is 3.60. The molecule has 2 saturated carbocycles. The molecule has 0 bridgehead atoms. The van der Waals surface area contributed by atoms with Crippen LogP contribution < -0.4 is 20.1 Å². The van der Waals surface area contributed by atoms with Gasteiger partial charge in [-0.25, -0.2) is 4.98 Å². The van der Waals surface area contributed by atoms with E-state index in [1.807, 2.05) is 26.8 Å². The van der Waals surface area contributed by atoms with E-state index in [0.29, 0.717) is 47.2 Å². The average Bonchev–Trinajstić information content (AvgIpc) is 3.43. The minimum atomic E-state index is -0.716. The molecule has 3 N–H and O–H groups in total. The molecule has 0 radical (unpaired) electrons. The number of nitrogens with zero attached hydrogens (tertiary/aromatic N) is 3. The minimum absolute atomic E-state index is 0.0286. The van der Waals surface area contributed by atoms with Crippen molar-refractivity contribution in [3.05, 3.63) is 17.8 Å². The lowest BCUT2D eigenvalue weighted by Gasteiger charge is -2.25. The molecular formula is C27H35N5O6. The van der Waals surface area contributed by atoms with E-state index in [1.54, 1.807) is 20.3 Å². The number of aromatic nitrogens is 3. The number of furan rings is 1. The van der Waals surface area contributed by atoms with Crippen LogP contribution in [0.25, 0.3) is 22.3 Å². The predicted molar refractivity (Wildman–Crippen MR) is 141 cm³/mol. The number of nitrogens with one attached hydrogen (secondary N) is 2. The Balaban J connectivity index is 1.40. The molecule has 3 aromatic heterocycles. The van der Waals surface area contributed by atoms with Crippen LogP contribution in [0, 0.1) is 18.8 Å². The minimum Gasteiger partial charge on any atom is -0.481 e. The zero-order valence-corrected chi connectivity index (χ0v) is 22.4. The number of rotatable bonds is 9. The highest BCUT2D eigenvalue weighted by Crippen LogP contribution is 2.44. The third-order valence-electron chi connectivity index (χ3n) is 7.57. The lowest BCUT2D eigenvalue weighted by Crippen LogP contribution is -2.35. The van der Waals surface area contributed by atoms with Gasteiger partial charge in [0, 0.05) is 30.5 Å². The predicted octanol–water partition coefficient (Wildman–Crippen LogP) is 3.75. The average molecular weight is 526 g/mol. The Kier molecular flexibility index (Phi) is 6.32. The standard InChI is InChI=1S/C27H35N5O6/c1-13-20(18-9-15-10-19(34-4)31-25(35-5)22(15)36-18)24(32-26(29-13)28-11-14-6-7-14)30-17-8-16(12-33)21-23(17)38-27(2,3)37-21/h9-10,14,16-17,21,23,33H,6-8,11-12H2,1-5H3,(H2,28,29,30,32)/t16-,17-,21-,23+/m1/s1. The molecule has 11 heteroatoms. The first-order chi connectivity index (χ1) is 18.3. The maximum Gasteiger partial charge on any atom is 0.261 e. The smallest absolute Gasteiger partial charge is 0.261 e. The van der Waals surface area contributed by atoms with Crippen molar-refractivity contribution in [2.75, 3.05) is 38.0 Å². The number of aliphatic hydroxyl groups is 1. The summed E-state index contributed by atoms with van der Waals surface area (Å²) >= 11 is 0. The number of aryl methyl sites for hydroxylation is 1. The van der Waals surface area contributed by atoms with Gasteiger partial charge in [-0.1, -0.05) is 0 Å². The molecular weight excluding hydrogens is 490 g/mol. The van der Waals surface area contributed by atoms with Crippen molar-refractivity contribution >= 4 is 22.7 Å². The van der Waals surface area contributed by atoms with Crippen LogP contribution in [0.4, 0.5) is 11.8 Å². The highest BCUT2D eigenvalue weighted by molar-refractivity contribution is 5.89. The SMILES string of the molecule is COc1cc2cc(-c3c(C)nc(NCC4CC4)nc3N[C@@H]3C[C@H](CO)[C@H]4OC(C)(C)O[C@H]43)oc2c(OC)n1. The van der Waals surface area contributed by atoms with Crippen molar-refractivity contribution in [1.29, 1.82) is 0 Å². The molecule has 0 aromatic carbocycles. The second-order valence-corrected chi connectivity index (χ2v) is 10.9.